The largest absolute Gasteiger partial charge is 0.359 e. The summed E-state index contributed by atoms with van der Waals surface area (Å²) in [7, 11) is -1.61. The molecule has 0 atom stereocenters. The van der Waals surface area contributed by atoms with Gasteiger partial charge in [0.15, 0.2) is 15.8 Å². The summed E-state index contributed by atoms with van der Waals surface area (Å²) >= 11 is 0. The highest BCUT2D eigenvalue weighted by atomic mass is 32.2. The molecule has 1 aromatic carbocycles. The maximum atomic E-state index is 11.9. The molecular weight excluding hydrogens is 352 g/mol. The molecule has 3 N–H and O–H groups in total. The number of carbonyl (C=O) groups excluding carboxylic acids is 1. The normalized spacial score (nSPS) is 12.6. The van der Waals surface area contributed by atoms with Gasteiger partial charge < -0.3 is 16.0 Å². The van der Waals surface area contributed by atoms with Crippen molar-refractivity contribution in [2.45, 2.75) is 39.1 Å². The SMILES string of the molecule is CCNC(=NCc1ccc(S(C)(=O)=O)c(C)c1)NCC(C)(C)C(=O)NC. The molecule has 0 fully saturated rings. The van der Waals surface area contributed by atoms with Gasteiger partial charge in [0.1, 0.15) is 0 Å². The highest BCUT2D eigenvalue weighted by Gasteiger charge is 2.26. The summed E-state index contributed by atoms with van der Waals surface area (Å²) in [5.41, 5.74) is 1.05. The number of nitrogens with one attached hydrogen (secondary N) is 3. The zero-order valence-electron chi connectivity index (χ0n) is 16.4. The molecule has 1 rings (SSSR count). The number of guanidine groups is 1. The molecule has 0 aliphatic rings. The zero-order valence-corrected chi connectivity index (χ0v) is 17.3. The van der Waals surface area contributed by atoms with E-state index < -0.39 is 15.3 Å². The Hall–Kier alpha value is -2.09. The fourth-order valence-electron chi connectivity index (χ4n) is 2.46. The highest BCUT2D eigenvalue weighted by molar-refractivity contribution is 7.90. The van der Waals surface area contributed by atoms with Crippen molar-refractivity contribution in [3.05, 3.63) is 29.3 Å². The van der Waals surface area contributed by atoms with Crippen LogP contribution in [-0.4, -0.2) is 46.7 Å². The molecule has 146 valence electrons. The number of sulfone groups is 1. The molecule has 0 spiro atoms. The van der Waals surface area contributed by atoms with Crippen LogP contribution in [-0.2, 0) is 21.2 Å². The first-order valence-corrected chi connectivity index (χ1v) is 10.4. The molecule has 1 amide bonds. The van der Waals surface area contributed by atoms with Crippen LogP contribution < -0.4 is 16.0 Å². The second-order valence-electron chi connectivity index (χ2n) is 6.88. The number of carbonyl (C=O) groups is 1. The lowest BCUT2D eigenvalue weighted by Crippen LogP contribution is -2.47. The molecule has 0 aliphatic heterocycles. The van der Waals surface area contributed by atoms with E-state index in [1.165, 1.54) is 6.26 Å². The number of hydrogen-bond acceptors (Lipinski definition) is 4. The van der Waals surface area contributed by atoms with Gasteiger partial charge in [-0.15, -0.1) is 0 Å². The van der Waals surface area contributed by atoms with Gasteiger partial charge in [-0.3, -0.25) is 4.79 Å². The van der Waals surface area contributed by atoms with E-state index in [9.17, 15) is 13.2 Å². The molecule has 0 saturated heterocycles. The minimum atomic E-state index is -3.22. The third-order valence-electron chi connectivity index (χ3n) is 3.94. The van der Waals surface area contributed by atoms with Crippen molar-refractivity contribution in [2.75, 3.05) is 26.4 Å². The van der Waals surface area contributed by atoms with E-state index in [2.05, 4.69) is 20.9 Å². The number of amides is 1. The standard InChI is InChI=1S/C18H30N4O3S/c1-7-20-17(22-12-18(3,4)16(23)19-5)21-11-14-8-9-15(13(2)10-14)26(6,24)25/h8-10H,7,11-12H2,1-6H3,(H,19,23)(H2,20,21,22). The monoisotopic (exact) mass is 382 g/mol. The van der Waals surface area contributed by atoms with Gasteiger partial charge in [0, 0.05) is 26.4 Å². The fourth-order valence-corrected chi connectivity index (χ4v) is 3.42. The van der Waals surface area contributed by atoms with Gasteiger partial charge in [0.2, 0.25) is 5.91 Å². The van der Waals surface area contributed by atoms with Crippen LogP contribution in [0.3, 0.4) is 0 Å². The summed E-state index contributed by atoms with van der Waals surface area (Å²) in [4.78, 5) is 16.7. The van der Waals surface area contributed by atoms with E-state index in [0.717, 1.165) is 5.56 Å². The minimum absolute atomic E-state index is 0.0483. The number of aliphatic imine (C=N–C) groups is 1. The van der Waals surface area contributed by atoms with Crippen LogP contribution in [0.2, 0.25) is 0 Å². The van der Waals surface area contributed by atoms with Crippen LogP contribution in [0.15, 0.2) is 28.1 Å². The molecule has 0 aromatic heterocycles. The van der Waals surface area contributed by atoms with E-state index >= 15 is 0 Å². The maximum absolute atomic E-state index is 11.9. The van der Waals surface area contributed by atoms with Crippen LogP contribution in [0.5, 0.6) is 0 Å². The number of nitrogens with zero attached hydrogens (tertiary/aromatic N) is 1. The molecule has 1 aromatic rings. The van der Waals surface area contributed by atoms with Crippen LogP contribution in [0.4, 0.5) is 0 Å². The third kappa shape index (κ3) is 6.33. The van der Waals surface area contributed by atoms with Crippen LogP contribution in [0.25, 0.3) is 0 Å². The number of rotatable bonds is 7. The van der Waals surface area contributed by atoms with E-state index in [1.807, 2.05) is 26.8 Å². The fraction of sp³-hybridized carbons (Fsp3) is 0.556. The van der Waals surface area contributed by atoms with Crippen LogP contribution >= 0.6 is 0 Å². The van der Waals surface area contributed by atoms with Gasteiger partial charge in [-0.1, -0.05) is 12.1 Å². The second kappa shape index (κ2) is 9.02. The third-order valence-corrected chi connectivity index (χ3v) is 5.20. The van der Waals surface area contributed by atoms with E-state index in [0.29, 0.717) is 36.1 Å². The quantitative estimate of drug-likeness (QED) is 0.486. The van der Waals surface area contributed by atoms with Gasteiger partial charge in [-0.05, 0) is 44.9 Å². The second-order valence-corrected chi connectivity index (χ2v) is 8.87. The molecule has 0 unspecified atom stereocenters. The lowest BCUT2D eigenvalue weighted by atomic mass is 9.92. The lowest BCUT2D eigenvalue weighted by molar-refractivity contribution is -0.128. The van der Waals surface area contributed by atoms with Crippen LogP contribution in [0, 0.1) is 12.3 Å². The Labute approximate surface area is 156 Å². The Morgan fingerprint density at radius 1 is 1.23 bits per heavy atom. The summed E-state index contributed by atoms with van der Waals surface area (Å²) in [6, 6.07) is 5.22. The minimum Gasteiger partial charge on any atom is -0.359 e. The summed E-state index contributed by atoms with van der Waals surface area (Å²) in [6.45, 7) is 8.99. The molecule has 7 nitrogen and oxygen atoms in total. The predicted octanol–water partition coefficient (Wildman–Crippen LogP) is 1.23. The maximum Gasteiger partial charge on any atom is 0.227 e. The summed E-state index contributed by atoms with van der Waals surface area (Å²) in [6.07, 6.45) is 1.20. The van der Waals surface area contributed by atoms with E-state index in [-0.39, 0.29) is 5.91 Å². The van der Waals surface area contributed by atoms with Crippen molar-refractivity contribution in [1.29, 1.82) is 0 Å². The molecule has 0 bridgehead atoms. The summed E-state index contributed by atoms with van der Waals surface area (Å²) in [5.74, 6) is 0.558. The average Bonchev–Trinajstić information content (AvgIpc) is 2.55. The van der Waals surface area contributed by atoms with Gasteiger partial charge in [-0.2, -0.15) is 0 Å². The van der Waals surface area contributed by atoms with E-state index in [1.54, 1.807) is 26.1 Å². The highest BCUT2D eigenvalue weighted by Crippen LogP contribution is 2.17. The number of benzene rings is 1. The van der Waals surface area contributed by atoms with Gasteiger partial charge in [-0.25, -0.2) is 13.4 Å². The summed E-state index contributed by atoms with van der Waals surface area (Å²) < 4.78 is 23.4. The topological polar surface area (TPSA) is 99.7 Å². The Balaban J connectivity index is 2.87. The Kier molecular flexibility index (Phi) is 7.62. The molecule has 0 saturated carbocycles. The number of aryl methyl sites for hydroxylation is 1. The van der Waals surface area contributed by atoms with Crippen molar-refractivity contribution in [3.8, 4) is 0 Å². The van der Waals surface area contributed by atoms with Crippen molar-refractivity contribution in [3.63, 3.8) is 0 Å². The Morgan fingerprint density at radius 2 is 1.88 bits per heavy atom. The van der Waals surface area contributed by atoms with Gasteiger partial charge in [0.05, 0.1) is 16.9 Å². The molecule has 8 heteroatoms. The van der Waals surface area contributed by atoms with E-state index in [4.69, 9.17) is 0 Å². The number of hydrogen-bond donors (Lipinski definition) is 3. The van der Waals surface area contributed by atoms with Crippen molar-refractivity contribution in [1.82, 2.24) is 16.0 Å². The molecule has 0 radical (unpaired) electrons. The molecule has 26 heavy (non-hydrogen) atoms. The Bertz CT molecular complexity index is 771. The smallest absolute Gasteiger partial charge is 0.227 e. The lowest BCUT2D eigenvalue weighted by Gasteiger charge is -2.24. The van der Waals surface area contributed by atoms with Gasteiger partial charge in [0.25, 0.3) is 0 Å². The Morgan fingerprint density at radius 3 is 2.38 bits per heavy atom. The molecule has 0 heterocycles. The predicted molar refractivity (Wildman–Crippen MR) is 105 cm³/mol. The van der Waals surface area contributed by atoms with Crippen molar-refractivity contribution >= 4 is 21.7 Å². The zero-order chi connectivity index (χ0) is 20.0. The first-order chi connectivity index (χ1) is 12.0. The summed E-state index contributed by atoms with van der Waals surface area (Å²) in [5, 5.41) is 8.98. The van der Waals surface area contributed by atoms with Gasteiger partial charge >= 0.3 is 0 Å². The van der Waals surface area contributed by atoms with Crippen LogP contribution in [0.1, 0.15) is 31.9 Å². The molecule has 0 aliphatic carbocycles. The average molecular weight is 383 g/mol. The first-order valence-electron chi connectivity index (χ1n) is 8.55. The molecular formula is C18H30N4O3S. The first kappa shape index (κ1) is 22.0. The van der Waals surface area contributed by atoms with Crippen molar-refractivity contribution in [2.24, 2.45) is 10.4 Å². The van der Waals surface area contributed by atoms with Crippen molar-refractivity contribution < 1.29 is 13.2 Å².